The molecular weight excluding hydrogens is 206 g/mol. The van der Waals surface area contributed by atoms with Gasteiger partial charge < -0.3 is 0 Å². The molecule has 0 amide bonds. The quantitative estimate of drug-likeness (QED) is 0.334. The summed E-state index contributed by atoms with van der Waals surface area (Å²) in [4.78, 5) is 20.6. The average molecular weight is 212 g/mol. The maximum Gasteiger partial charge on any atom is 0.277 e. The Morgan fingerprint density at radius 1 is 1.43 bits per heavy atom. The normalized spacial score (nSPS) is 11.1. The zero-order chi connectivity index (χ0) is 10.6. The van der Waals surface area contributed by atoms with Crippen molar-refractivity contribution in [2.75, 3.05) is 0 Å². The van der Waals surface area contributed by atoms with Crippen LogP contribution in [0, 0.1) is 10.1 Å². The van der Waals surface area contributed by atoms with Gasteiger partial charge in [-0.25, -0.2) is 0 Å². The first kappa shape index (κ1) is 10.4. The van der Waals surface area contributed by atoms with Gasteiger partial charge >= 0.3 is 0 Å². The van der Waals surface area contributed by atoms with Crippen molar-refractivity contribution < 1.29 is 9.72 Å². The van der Waals surface area contributed by atoms with Gasteiger partial charge in [-0.15, -0.1) is 0 Å². The summed E-state index contributed by atoms with van der Waals surface area (Å²) >= 11 is 5.36. The lowest BCUT2D eigenvalue weighted by Gasteiger charge is -1.99. The third kappa shape index (κ3) is 1.97. The maximum absolute atomic E-state index is 10.6. The monoisotopic (exact) mass is 211 g/mol. The number of halogens is 1. The molecule has 0 saturated carbocycles. The van der Waals surface area contributed by atoms with Gasteiger partial charge in [0.1, 0.15) is 0 Å². The lowest BCUT2D eigenvalue weighted by Crippen LogP contribution is -1.94. The number of nitrogens with zero attached hydrogens (tertiary/aromatic N) is 1. The minimum atomic E-state index is -0.556. The number of aldehydes is 1. The number of carbonyl (C=O) groups is 1. The molecule has 1 rings (SSSR count). The van der Waals surface area contributed by atoms with Crippen LogP contribution in [-0.2, 0) is 4.79 Å². The molecule has 5 heteroatoms. The molecule has 14 heavy (non-hydrogen) atoms. The van der Waals surface area contributed by atoms with Crippen LogP contribution < -0.4 is 0 Å². The fourth-order valence-electron chi connectivity index (χ4n) is 1.02. The van der Waals surface area contributed by atoms with Crippen LogP contribution in [0.4, 0.5) is 5.69 Å². The second-order valence-electron chi connectivity index (χ2n) is 2.46. The van der Waals surface area contributed by atoms with E-state index in [1.165, 1.54) is 18.2 Å². The Morgan fingerprint density at radius 3 is 2.57 bits per heavy atom. The highest BCUT2D eigenvalue weighted by Crippen LogP contribution is 2.24. The zero-order valence-electron chi connectivity index (χ0n) is 7.01. The summed E-state index contributed by atoms with van der Waals surface area (Å²) in [5.74, 6) is 0. The molecule has 0 aliphatic carbocycles. The first-order chi connectivity index (χ1) is 6.70. The van der Waals surface area contributed by atoms with Crippen molar-refractivity contribution in [3.63, 3.8) is 0 Å². The predicted octanol–water partition coefficient (Wildman–Crippen LogP) is 2.37. The molecule has 0 saturated heterocycles. The second kappa shape index (κ2) is 4.53. The molecule has 0 atom stereocenters. The van der Waals surface area contributed by atoms with Crippen molar-refractivity contribution in [3.8, 4) is 0 Å². The summed E-state index contributed by atoms with van der Waals surface area (Å²) in [5.41, 5.74) is 1.21. The summed E-state index contributed by atoms with van der Waals surface area (Å²) in [6.07, 6.45) is 0.481. The Kier molecular flexibility index (Phi) is 3.36. The minimum Gasteiger partial charge on any atom is -0.298 e. The van der Waals surface area contributed by atoms with Crippen molar-refractivity contribution >= 4 is 29.1 Å². The predicted molar refractivity (Wildman–Crippen MR) is 53.0 cm³/mol. The van der Waals surface area contributed by atoms with Gasteiger partial charge in [-0.1, -0.05) is 23.7 Å². The molecule has 0 fully saturated rings. The van der Waals surface area contributed by atoms with Crippen molar-refractivity contribution in [1.29, 1.82) is 0 Å². The first-order valence-electron chi connectivity index (χ1n) is 3.70. The van der Waals surface area contributed by atoms with Crippen LogP contribution in [0.15, 0.2) is 29.8 Å². The van der Waals surface area contributed by atoms with Crippen LogP contribution in [0.25, 0.3) is 5.57 Å². The van der Waals surface area contributed by atoms with E-state index in [-0.39, 0.29) is 16.8 Å². The summed E-state index contributed by atoms with van der Waals surface area (Å²) in [7, 11) is 0. The molecule has 1 aromatic rings. The zero-order valence-corrected chi connectivity index (χ0v) is 7.77. The van der Waals surface area contributed by atoms with Gasteiger partial charge in [0.05, 0.1) is 10.5 Å². The number of para-hydroxylation sites is 1. The Balaban J connectivity index is 3.33. The summed E-state index contributed by atoms with van der Waals surface area (Å²) < 4.78 is 0. The van der Waals surface area contributed by atoms with Crippen LogP contribution >= 0.6 is 11.6 Å². The summed E-state index contributed by atoms with van der Waals surface area (Å²) in [6, 6.07) is 5.92. The average Bonchev–Trinajstić information content (AvgIpc) is 2.20. The van der Waals surface area contributed by atoms with E-state index in [1.54, 1.807) is 6.07 Å². The maximum atomic E-state index is 10.6. The van der Waals surface area contributed by atoms with E-state index in [1.807, 2.05) is 0 Å². The van der Waals surface area contributed by atoms with E-state index in [0.29, 0.717) is 6.29 Å². The number of nitro benzene ring substituents is 1. The minimum absolute atomic E-state index is 0.0963. The third-order valence-electron chi connectivity index (χ3n) is 1.66. The van der Waals surface area contributed by atoms with Crippen LogP contribution in [0.5, 0.6) is 0 Å². The highest BCUT2D eigenvalue weighted by molar-refractivity contribution is 6.32. The van der Waals surface area contributed by atoms with Crippen molar-refractivity contribution in [2.45, 2.75) is 0 Å². The Hall–Kier alpha value is -1.68. The Labute approximate surface area is 85.0 Å². The van der Waals surface area contributed by atoms with Gasteiger partial charge in [-0.05, 0) is 6.07 Å². The van der Waals surface area contributed by atoms with E-state index >= 15 is 0 Å². The molecule has 0 radical (unpaired) electrons. The van der Waals surface area contributed by atoms with Crippen LogP contribution in [0.1, 0.15) is 5.56 Å². The number of carbonyl (C=O) groups excluding carboxylic acids is 1. The van der Waals surface area contributed by atoms with E-state index in [0.717, 1.165) is 5.54 Å². The number of allylic oxidation sites excluding steroid dienone is 1. The van der Waals surface area contributed by atoms with E-state index in [2.05, 4.69) is 0 Å². The number of rotatable bonds is 3. The molecule has 1 aromatic carbocycles. The van der Waals surface area contributed by atoms with Gasteiger partial charge in [-0.3, -0.25) is 14.9 Å². The van der Waals surface area contributed by atoms with E-state index in [4.69, 9.17) is 11.6 Å². The highest BCUT2D eigenvalue weighted by atomic mass is 35.5. The lowest BCUT2D eigenvalue weighted by molar-refractivity contribution is -0.385. The molecule has 0 N–H and O–H groups in total. The molecule has 0 bridgehead atoms. The molecule has 0 aromatic heterocycles. The van der Waals surface area contributed by atoms with Crippen LogP contribution in [0.2, 0.25) is 0 Å². The molecule has 0 heterocycles. The van der Waals surface area contributed by atoms with Gasteiger partial charge in [0.25, 0.3) is 5.69 Å². The van der Waals surface area contributed by atoms with E-state index in [9.17, 15) is 14.9 Å². The largest absolute Gasteiger partial charge is 0.298 e. The smallest absolute Gasteiger partial charge is 0.277 e. The Bertz CT molecular complexity index is 401. The topological polar surface area (TPSA) is 60.2 Å². The van der Waals surface area contributed by atoms with Crippen molar-refractivity contribution in [2.24, 2.45) is 0 Å². The number of hydrogen-bond donors (Lipinski definition) is 0. The summed E-state index contributed by atoms with van der Waals surface area (Å²) in [5, 5.41) is 10.6. The molecule has 0 aliphatic rings. The second-order valence-corrected chi connectivity index (χ2v) is 2.67. The van der Waals surface area contributed by atoms with Crippen molar-refractivity contribution in [1.82, 2.24) is 0 Å². The number of hydrogen-bond acceptors (Lipinski definition) is 3. The fourth-order valence-corrected chi connectivity index (χ4v) is 1.19. The number of benzene rings is 1. The molecule has 0 spiro atoms. The highest BCUT2D eigenvalue weighted by Gasteiger charge is 2.14. The van der Waals surface area contributed by atoms with E-state index < -0.39 is 4.92 Å². The molecule has 0 aliphatic heterocycles. The fraction of sp³-hybridized carbons (Fsp3) is 0. The van der Waals surface area contributed by atoms with Gasteiger partial charge in [0, 0.05) is 17.2 Å². The lowest BCUT2D eigenvalue weighted by atomic mass is 10.1. The Morgan fingerprint density at radius 2 is 2.07 bits per heavy atom. The molecule has 4 nitrogen and oxygen atoms in total. The van der Waals surface area contributed by atoms with Crippen LogP contribution in [-0.4, -0.2) is 11.2 Å². The standard InChI is InChI=1S/C9H6ClNO3/c10-5-7(6-12)8-3-1-2-4-9(8)11(13)14/h1-6H/b7-5+. The number of nitro groups is 1. The SMILES string of the molecule is O=C/C(=C\Cl)c1ccccc1[N+](=O)[O-]. The molecule has 0 unspecified atom stereocenters. The molecule has 72 valence electrons. The van der Waals surface area contributed by atoms with Gasteiger partial charge in [-0.2, -0.15) is 0 Å². The first-order valence-corrected chi connectivity index (χ1v) is 4.13. The molecular formula is C9H6ClNO3. The third-order valence-corrected chi connectivity index (χ3v) is 1.89. The van der Waals surface area contributed by atoms with Gasteiger partial charge in [0.15, 0.2) is 6.29 Å². The summed E-state index contributed by atoms with van der Waals surface area (Å²) in [6.45, 7) is 0. The van der Waals surface area contributed by atoms with Crippen molar-refractivity contribution in [3.05, 3.63) is 45.5 Å². The van der Waals surface area contributed by atoms with Crippen LogP contribution in [0.3, 0.4) is 0 Å². The van der Waals surface area contributed by atoms with Gasteiger partial charge in [0.2, 0.25) is 0 Å².